The highest BCUT2D eigenvalue weighted by Gasteiger charge is 2.22. The molecular weight excluding hydrogens is 329 g/mol. The quantitative estimate of drug-likeness (QED) is 0.714. The fourth-order valence-electron chi connectivity index (χ4n) is 2.45. The van der Waals surface area contributed by atoms with E-state index in [0.29, 0.717) is 28.0 Å². The van der Waals surface area contributed by atoms with Crippen molar-refractivity contribution in [1.82, 2.24) is 25.0 Å². The highest BCUT2D eigenvalue weighted by atomic mass is 35.5. The van der Waals surface area contributed by atoms with E-state index >= 15 is 0 Å². The number of fused-ring (bicyclic) bond motifs is 1. The average Bonchev–Trinajstić information content (AvgIpc) is 3.00. The highest BCUT2D eigenvalue weighted by Crippen LogP contribution is 2.37. The third-order valence-electron chi connectivity index (χ3n) is 3.43. The molecule has 0 saturated carbocycles. The number of hydrogen-bond donors (Lipinski definition) is 2. The maximum atomic E-state index is 11.7. The molecule has 3 aromatic rings. The van der Waals surface area contributed by atoms with Crippen molar-refractivity contribution < 1.29 is 0 Å². The van der Waals surface area contributed by atoms with E-state index in [2.05, 4.69) is 20.3 Å². The van der Waals surface area contributed by atoms with Crippen LogP contribution >= 0.6 is 23.2 Å². The summed E-state index contributed by atoms with van der Waals surface area (Å²) < 4.78 is 1.63. The summed E-state index contributed by atoms with van der Waals surface area (Å²) in [4.78, 5) is 28.2. The third-order valence-corrected chi connectivity index (χ3v) is 4.23. The molecule has 0 saturated heterocycles. The predicted molar refractivity (Wildman–Crippen MR) is 83.7 cm³/mol. The normalized spacial score (nSPS) is 12.7. The second-order valence-electron chi connectivity index (χ2n) is 4.72. The maximum Gasteiger partial charge on any atom is 0.314 e. The van der Waals surface area contributed by atoms with Crippen molar-refractivity contribution in [2.75, 3.05) is 0 Å². The first-order valence-electron chi connectivity index (χ1n) is 6.53. The first-order chi connectivity index (χ1) is 10.5. The van der Waals surface area contributed by atoms with Gasteiger partial charge in [0.25, 0.3) is 0 Å². The molecule has 0 radical (unpaired) electrons. The molecule has 1 atom stereocenters. The second kappa shape index (κ2) is 5.58. The fraction of sp³-hybridized carbons (Fsp3) is 0.231. The largest absolute Gasteiger partial charge is 0.316 e. The number of nitrogens with zero attached hydrogens (tertiary/aromatic N) is 3. The number of nitrogens with one attached hydrogen (secondary N) is 2. The molecule has 0 bridgehead atoms. The zero-order chi connectivity index (χ0) is 15.9. The predicted octanol–water partition coefficient (Wildman–Crippen LogP) is 2.11. The monoisotopic (exact) mass is 339 g/mol. The molecule has 1 unspecified atom stereocenters. The van der Waals surface area contributed by atoms with Gasteiger partial charge in [-0.1, -0.05) is 35.3 Å². The number of hydrogen-bond acceptors (Lipinski definition) is 4. The van der Waals surface area contributed by atoms with Crippen LogP contribution in [0.15, 0.2) is 28.0 Å². The van der Waals surface area contributed by atoms with Gasteiger partial charge in [0.05, 0.1) is 33.3 Å². The minimum atomic E-state index is -0.749. The maximum absolute atomic E-state index is 11.7. The summed E-state index contributed by atoms with van der Waals surface area (Å²) in [6, 6.07) is 1.23. The summed E-state index contributed by atoms with van der Waals surface area (Å²) in [5.41, 5.74) is -0.0642. The summed E-state index contributed by atoms with van der Waals surface area (Å²) in [5, 5.41) is 8.36. The van der Waals surface area contributed by atoms with Gasteiger partial charge in [-0.3, -0.25) is 9.59 Å². The highest BCUT2D eigenvalue weighted by molar-refractivity contribution is 6.43. The van der Waals surface area contributed by atoms with Crippen LogP contribution in [0.3, 0.4) is 0 Å². The van der Waals surface area contributed by atoms with E-state index in [1.54, 1.807) is 17.1 Å². The van der Waals surface area contributed by atoms with Gasteiger partial charge in [0.15, 0.2) is 0 Å². The van der Waals surface area contributed by atoms with E-state index in [9.17, 15) is 9.59 Å². The fourth-order valence-corrected chi connectivity index (χ4v) is 2.93. The van der Waals surface area contributed by atoms with Crippen molar-refractivity contribution in [3.63, 3.8) is 0 Å². The van der Waals surface area contributed by atoms with Crippen molar-refractivity contribution in [2.45, 2.75) is 19.4 Å². The van der Waals surface area contributed by atoms with Crippen LogP contribution in [-0.4, -0.2) is 25.0 Å². The minimum Gasteiger partial charge on any atom is -0.316 e. The van der Waals surface area contributed by atoms with Gasteiger partial charge in [0.2, 0.25) is 0 Å². The van der Waals surface area contributed by atoms with Gasteiger partial charge in [-0.25, -0.2) is 4.68 Å². The molecule has 0 amide bonds. The van der Waals surface area contributed by atoms with Gasteiger partial charge in [-0.05, 0) is 12.5 Å². The van der Waals surface area contributed by atoms with Crippen LogP contribution < -0.4 is 11.1 Å². The lowest BCUT2D eigenvalue weighted by molar-refractivity contribution is 0.495. The van der Waals surface area contributed by atoms with Gasteiger partial charge in [-0.2, -0.15) is 0 Å². The number of benzene rings is 1. The number of aromatic amines is 2. The summed E-state index contributed by atoms with van der Waals surface area (Å²) in [5.74, 6) is 0. The van der Waals surface area contributed by atoms with Crippen LogP contribution in [0.4, 0.5) is 0 Å². The number of H-pyrrole nitrogens is 2. The SMILES string of the molecule is CCC(c1c(Cl)c(Cl)cc2[nH]c(=O)c(=O)[nH]c12)n1ccnn1. The topological polar surface area (TPSA) is 96.4 Å². The van der Waals surface area contributed by atoms with Crippen LogP contribution in [-0.2, 0) is 0 Å². The Labute approximate surface area is 133 Å². The molecule has 0 aliphatic rings. The standard InChI is InChI=1S/C13H11Cl2N5O2/c1-2-8(20-4-3-16-19-20)9-10(15)6(14)5-7-11(9)18-13(22)12(21)17-7/h3-5,8H,2H2,1H3,(H,17,21)(H,18,22). The van der Waals surface area contributed by atoms with Crippen LogP contribution in [0.25, 0.3) is 11.0 Å². The van der Waals surface area contributed by atoms with Crippen LogP contribution in [0.1, 0.15) is 24.9 Å². The first-order valence-corrected chi connectivity index (χ1v) is 7.28. The molecule has 2 aromatic heterocycles. The van der Waals surface area contributed by atoms with Crippen molar-refractivity contribution >= 4 is 34.2 Å². The molecular formula is C13H11Cl2N5O2. The number of halogens is 2. The Bertz CT molecular complexity index is 945. The smallest absolute Gasteiger partial charge is 0.314 e. The number of rotatable bonds is 3. The molecule has 0 aliphatic carbocycles. The Morgan fingerprint density at radius 2 is 2.00 bits per heavy atom. The van der Waals surface area contributed by atoms with Crippen LogP contribution in [0.5, 0.6) is 0 Å². The molecule has 9 heteroatoms. The van der Waals surface area contributed by atoms with Gasteiger partial charge >= 0.3 is 11.1 Å². The van der Waals surface area contributed by atoms with Crippen molar-refractivity contribution in [3.8, 4) is 0 Å². The van der Waals surface area contributed by atoms with Gasteiger partial charge < -0.3 is 9.97 Å². The van der Waals surface area contributed by atoms with E-state index in [0.717, 1.165) is 0 Å². The molecule has 2 N–H and O–H groups in total. The van der Waals surface area contributed by atoms with E-state index in [1.807, 2.05) is 6.92 Å². The second-order valence-corrected chi connectivity index (χ2v) is 5.51. The Kier molecular flexibility index (Phi) is 3.76. The van der Waals surface area contributed by atoms with E-state index in [-0.39, 0.29) is 11.1 Å². The summed E-state index contributed by atoms with van der Waals surface area (Å²) in [7, 11) is 0. The molecule has 3 rings (SSSR count). The average molecular weight is 340 g/mol. The molecule has 0 fully saturated rings. The molecule has 0 aliphatic heterocycles. The third kappa shape index (κ3) is 2.32. The molecule has 114 valence electrons. The Morgan fingerprint density at radius 3 is 2.64 bits per heavy atom. The summed E-state index contributed by atoms with van der Waals surface area (Å²) in [6.45, 7) is 1.94. The lowest BCUT2D eigenvalue weighted by Gasteiger charge is -2.19. The Hall–Kier alpha value is -2.12. The minimum absolute atomic E-state index is 0.280. The van der Waals surface area contributed by atoms with Crippen molar-refractivity contribution in [2.24, 2.45) is 0 Å². The van der Waals surface area contributed by atoms with Gasteiger partial charge in [-0.15, -0.1) is 5.10 Å². The molecule has 2 heterocycles. The first kappa shape index (κ1) is 14.8. The molecule has 0 spiro atoms. The van der Waals surface area contributed by atoms with E-state index in [4.69, 9.17) is 23.2 Å². The van der Waals surface area contributed by atoms with Gasteiger partial charge in [0.1, 0.15) is 0 Å². The molecule has 7 nitrogen and oxygen atoms in total. The summed E-state index contributed by atoms with van der Waals surface area (Å²) >= 11 is 12.5. The zero-order valence-corrected chi connectivity index (χ0v) is 12.9. The van der Waals surface area contributed by atoms with E-state index in [1.165, 1.54) is 6.07 Å². The van der Waals surface area contributed by atoms with E-state index < -0.39 is 11.1 Å². The Balaban J connectivity index is 2.40. The lowest BCUT2D eigenvalue weighted by Crippen LogP contribution is -2.29. The van der Waals surface area contributed by atoms with Crippen molar-refractivity contribution in [1.29, 1.82) is 0 Å². The lowest BCUT2D eigenvalue weighted by atomic mass is 10.0. The molecule has 1 aromatic carbocycles. The molecule has 22 heavy (non-hydrogen) atoms. The van der Waals surface area contributed by atoms with Crippen LogP contribution in [0, 0.1) is 0 Å². The van der Waals surface area contributed by atoms with Crippen molar-refractivity contribution in [3.05, 3.63) is 54.8 Å². The Morgan fingerprint density at radius 1 is 1.27 bits per heavy atom. The van der Waals surface area contributed by atoms with Gasteiger partial charge in [0, 0.05) is 11.8 Å². The zero-order valence-electron chi connectivity index (χ0n) is 11.4. The summed E-state index contributed by atoms with van der Waals surface area (Å²) in [6.07, 6.45) is 3.88. The van der Waals surface area contributed by atoms with Crippen LogP contribution in [0.2, 0.25) is 10.0 Å². The number of aromatic nitrogens is 5.